The molecule has 18 heavy (non-hydrogen) atoms. The highest BCUT2D eigenvalue weighted by atomic mass is 79.9. The molecular formula is C16H23BrO. The third-order valence-corrected chi connectivity index (χ3v) is 5.67. The summed E-state index contributed by atoms with van der Waals surface area (Å²) in [5.74, 6) is 1.58. The zero-order valence-electron chi connectivity index (χ0n) is 12.0. The van der Waals surface area contributed by atoms with E-state index in [2.05, 4.69) is 68.7 Å². The summed E-state index contributed by atoms with van der Waals surface area (Å²) < 4.78 is 6.28. The van der Waals surface area contributed by atoms with Crippen molar-refractivity contribution in [2.75, 3.05) is 0 Å². The predicted octanol–water partition coefficient (Wildman–Crippen LogP) is 5.06. The van der Waals surface area contributed by atoms with Gasteiger partial charge in [0.05, 0.1) is 0 Å². The van der Waals surface area contributed by atoms with Crippen molar-refractivity contribution >= 4 is 15.9 Å². The minimum absolute atomic E-state index is 0.220. The van der Waals surface area contributed by atoms with Gasteiger partial charge in [0, 0.05) is 10.2 Å². The lowest BCUT2D eigenvalue weighted by molar-refractivity contribution is -0.00855. The Kier molecular flexibility index (Phi) is 3.77. The Morgan fingerprint density at radius 2 is 2.00 bits per heavy atom. The predicted molar refractivity (Wildman–Crippen MR) is 80.8 cm³/mol. The maximum absolute atomic E-state index is 6.28. The molecule has 0 saturated heterocycles. The van der Waals surface area contributed by atoms with Gasteiger partial charge in [0.1, 0.15) is 11.9 Å². The summed E-state index contributed by atoms with van der Waals surface area (Å²) >= 11 is 3.72. The molecule has 2 atom stereocenters. The SMILES string of the molecule is Cc1ccc(C(C)C)c(OC2CC(Br)C2(C)C)c1. The Labute approximate surface area is 119 Å². The molecule has 0 radical (unpaired) electrons. The smallest absolute Gasteiger partial charge is 0.123 e. The fourth-order valence-corrected chi connectivity index (χ4v) is 3.04. The number of ether oxygens (including phenoxy) is 1. The van der Waals surface area contributed by atoms with E-state index in [1.165, 1.54) is 11.1 Å². The van der Waals surface area contributed by atoms with Crippen LogP contribution < -0.4 is 4.74 Å². The number of alkyl halides is 1. The maximum Gasteiger partial charge on any atom is 0.123 e. The van der Waals surface area contributed by atoms with Gasteiger partial charge in [-0.15, -0.1) is 0 Å². The van der Waals surface area contributed by atoms with Crippen molar-refractivity contribution in [2.45, 2.75) is 57.9 Å². The summed E-state index contributed by atoms with van der Waals surface area (Å²) in [6.07, 6.45) is 1.42. The van der Waals surface area contributed by atoms with Gasteiger partial charge in [-0.05, 0) is 36.5 Å². The molecule has 1 aromatic rings. The third kappa shape index (κ3) is 2.45. The molecular weight excluding hydrogens is 288 g/mol. The van der Waals surface area contributed by atoms with Gasteiger partial charge in [0.2, 0.25) is 0 Å². The number of aryl methyl sites for hydroxylation is 1. The molecule has 0 heterocycles. The lowest BCUT2D eigenvalue weighted by Gasteiger charge is -2.49. The second-order valence-corrected chi connectivity index (χ2v) is 7.43. The largest absolute Gasteiger partial charge is 0.489 e. The van der Waals surface area contributed by atoms with Crippen LogP contribution in [0.3, 0.4) is 0 Å². The van der Waals surface area contributed by atoms with Crippen LogP contribution in [0.4, 0.5) is 0 Å². The van der Waals surface area contributed by atoms with Crippen molar-refractivity contribution < 1.29 is 4.74 Å². The summed E-state index contributed by atoms with van der Waals surface area (Å²) in [5.41, 5.74) is 2.80. The van der Waals surface area contributed by atoms with Crippen LogP contribution in [-0.2, 0) is 0 Å². The summed E-state index contributed by atoms with van der Waals surface area (Å²) in [6, 6.07) is 6.54. The van der Waals surface area contributed by atoms with Crippen LogP contribution in [0.25, 0.3) is 0 Å². The van der Waals surface area contributed by atoms with E-state index in [1.54, 1.807) is 0 Å². The number of benzene rings is 1. The van der Waals surface area contributed by atoms with Crippen LogP contribution in [0.5, 0.6) is 5.75 Å². The Morgan fingerprint density at radius 1 is 1.33 bits per heavy atom. The minimum atomic E-state index is 0.220. The first-order valence-electron chi connectivity index (χ1n) is 6.73. The van der Waals surface area contributed by atoms with E-state index in [9.17, 15) is 0 Å². The Morgan fingerprint density at radius 3 is 2.50 bits per heavy atom. The van der Waals surface area contributed by atoms with Gasteiger partial charge in [-0.2, -0.15) is 0 Å². The van der Waals surface area contributed by atoms with Gasteiger partial charge in [-0.25, -0.2) is 0 Å². The molecule has 100 valence electrons. The summed E-state index contributed by atoms with van der Waals surface area (Å²) in [5, 5.41) is 0. The third-order valence-electron chi connectivity index (χ3n) is 4.12. The van der Waals surface area contributed by atoms with E-state index >= 15 is 0 Å². The van der Waals surface area contributed by atoms with E-state index in [-0.39, 0.29) is 5.41 Å². The lowest BCUT2D eigenvalue weighted by Crippen LogP contribution is -2.53. The second kappa shape index (κ2) is 4.88. The first kappa shape index (κ1) is 13.9. The van der Waals surface area contributed by atoms with E-state index in [0.29, 0.717) is 16.8 Å². The zero-order valence-corrected chi connectivity index (χ0v) is 13.5. The molecule has 0 spiro atoms. The molecule has 1 aliphatic rings. The van der Waals surface area contributed by atoms with Gasteiger partial charge in [0.25, 0.3) is 0 Å². The van der Waals surface area contributed by atoms with Gasteiger partial charge in [-0.3, -0.25) is 0 Å². The fourth-order valence-electron chi connectivity index (χ4n) is 2.41. The molecule has 2 unspecified atom stereocenters. The highest BCUT2D eigenvalue weighted by Crippen LogP contribution is 2.48. The van der Waals surface area contributed by atoms with E-state index in [4.69, 9.17) is 4.74 Å². The van der Waals surface area contributed by atoms with Crippen molar-refractivity contribution in [3.8, 4) is 5.75 Å². The Bertz CT molecular complexity index is 437. The standard InChI is InChI=1S/C16H23BrO/c1-10(2)12-7-6-11(3)8-13(12)18-15-9-14(17)16(15,4)5/h6-8,10,14-15H,9H2,1-5H3. The van der Waals surface area contributed by atoms with Crippen LogP contribution >= 0.6 is 15.9 Å². The number of halogens is 1. The first-order valence-corrected chi connectivity index (χ1v) is 7.65. The highest BCUT2D eigenvalue weighted by Gasteiger charge is 2.48. The average molecular weight is 311 g/mol. The molecule has 0 bridgehead atoms. The zero-order chi connectivity index (χ0) is 13.5. The molecule has 1 fully saturated rings. The maximum atomic E-state index is 6.28. The van der Waals surface area contributed by atoms with Crippen LogP contribution in [0.1, 0.15) is 51.2 Å². The Hall–Kier alpha value is -0.500. The normalized spacial score (nSPS) is 25.9. The lowest BCUT2D eigenvalue weighted by atomic mass is 9.69. The quantitative estimate of drug-likeness (QED) is 0.709. The number of hydrogen-bond acceptors (Lipinski definition) is 1. The number of hydrogen-bond donors (Lipinski definition) is 0. The van der Waals surface area contributed by atoms with E-state index in [0.717, 1.165) is 12.2 Å². The van der Waals surface area contributed by atoms with Crippen molar-refractivity contribution in [1.29, 1.82) is 0 Å². The first-order chi connectivity index (χ1) is 8.32. The molecule has 1 aliphatic carbocycles. The van der Waals surface area contributed by atoms with Gasteiger partial charge >= 0.3 is 0 Å². The molecule has 0 aromatic heterocycles. The van der Waals surface area contributed by atoms with E-state index < -0.39 is 0 Å². The molecule has 1 aromatic carbocycles. The molecule has 0 N–H and O–H groups in total. The molecule has 2 heteroatoms. The molecule has 0 aliphatic heterocycles. The molecule has 0 amide bonds. The highest BCUT2D eigenvalue weighted by molar-refractivity contribution is 9.09. The Balaban J connectivity index is 2.21. The van der Waals surface area contributed by atoms with Gasteiger partial charge < -0.3 is 4.74 Å². The van der Waals surface area contributed by atoms with Crippen molar-refractivity contribution in [3.63, 3.8) is 0 Å². The minimum Gasteiger partial charge on any atom is -0.489 e. The van der Waals surface area contributed by atoms with Crippen LogP contribution in [0.2, 0.25) is 0 Å². The average Bonchev–Trinajstić information content (AvgIpc) is 2.28. The van der Waals surface area contributed by atoms with Crippen molar-refractivity contribution in [1.82, 2.24) is 0 Å². The molecule has 1 saturated carbocycles. The summed E-state index contributed by atoms with van der Waals surface area (Å²) in [6.45, 7) is 11.1. The molecule has 1 nitrogen and oxygen atoms in total. The van der Waals surface area contributed by atoms with Crippen LogP contribution in [-0.4, -0.2) is 10.9 Å². The second-order valence-electron chi connectivity index (χ2n) is 6.33. The van der Waals surface area contributed by atoms with Crippen LogP contribution in [0.15, 0.2) is 18.2 Å². The van der Waals surface area contributed by atoms with Gasteiger partial charge in [0.15, 0.2) is 0 Å². The monoisotopic (exact) mass is 310 g/mol. The molecule has 2 rings (SSSR count). The van der Waals surface area contributed by atoms with Crippen LogP contribution in [0, 0.1) is 12.3 Å². The summed E-state index contributed by atoms with van der Waals surface area (Å²) in [7, 11) is 0. The van der Waals surface area contributed by atoms with Crippen molar-refractivity contribution in [2.24, 2.45) is 5.41 Å². The van der Waals surface area contributed by atoms with E-state index in [1.807, 2.05) is 0 Å². The summed E-state index contributed by atoms with van der Waals surface area (Å²) in [4.78, 5) is 0.572. The van der Waals surface area contributed by atoms with Crippen molar-refractivity contribution in [3.05, 3.63) is 29.3 Å². The fraction of sp³-hybridized carbons (Fsp3) is 0.625. The number of rotatable bonds is 3. The van der Waals surface area contributed by atoms with Gasteiger partial charge in [-0.1, -0.05) is 55.8 Å². The topological polar surface area (TPSA) is 9.23 Å².